The smallest absolute Gasteiger partial charge is 0.124 e. The van der Waals surface area contributed by atoms with Crippen LogP contribution in [-0.2, 0) is 0 Å². The van der Waals surface area contributed by atoms with Gasteiger partial charge < -0.3 is 5.73 Å². The SMILES string of the molecule is Cc1nnc(Sc2c(Cl)cc(N)cc2Cl)cc1C(C)C. The summed E-state index contributed by atoms with van der Waals surface area (Å²) in [5.74, 6) is 0.391. The van der Waals surface area contributed by atoms with Gasteiger partial charge in [0.05, 0.1) is 20.6 Å². The third-order valence-electron chi connectivity index (χ3n) is 2.84. The molecule has 0 aliphatic rings. The molecule has 0 saturated carbocycles. The highest BCUT2D eigenvalue weighted by Crippen LogP contribution is 2.39. The van der Waals surface area contributed by atoms with Crippen LogP contribution >= 0.6 is 35.0 Å². The summed E-state index contributed by atoms with van der Waals surface area (Å²) in [5.41, 5.74) is 8.36. The maximum absolute atomic E-state index is 6.18. The molecule has 0 spiro atoms. The summed E-state index contributed by atoms with van der Waals surface area (Å²) in [6.45, 7) is 6.21. The molecule has 0 atom stereocenters. The Labute approximate surface area is 132 Å². The van der Waals surface area contributed by atoms with Crippen molar-refractivity contribution in [2.24, 2.45) is 0 Å². The van der Waals surface area contributed by atoms with E-state index in [0.717, 1.165) is 15.6 Å². The lowest BCUT2D eigenvalue weighted by atomic mass is 10.0. The second kappa shape index (κ2) is 6.20. The van der Waals surface area contributed by atoms with E-state index in [9.17, 15) is 0 Å². The molecule has 1 aromatic heterocycles. The van der Waals surface area contributed by atoms with Gasteiger partial charge in [0.15, 0.2) is 0 Å². The highest BCUT2D eigenvalue weighted by molar-refractivity contribution is 7.99. The van der Waals surface area contributed by atoms with E-state index in [1.165, 1.54) is 17.3 Å². The zero-order valence-electron chi connectivity index (χ0n) is 11.4. The zero-order valence-corrected chi connectivity index (χ0v) is 13.8. The summed E-state index contributed by atoms with van der Waals surface area (Å²) in [6, 6.07) is 5.39. The Kier molecular flexibility index (Phi) is 4.78. The first-order valence-corrected chi connectivity index (χ1v) is 7.72. The minimum Gasteiger partial charge on any atom is -0.399 e. The molecule has 0 fully saturated rings. The average molecular weight is 328 g/mol. The van der Waals surface area contributed by atoms with Crippen molar-refractivity contribution in [3.63, 3.8) is 0 Å². The lowest BCUT2D eigenvalue weighted by Gasteiger charge is -2.11. The highest BCUT2D eigenvalue weighted by Gasteiger charge is 2.13. The summed E-state index contributed by atoms with van der Waals surface area (Å²) in [4.78, 5) is 0.746. The van der Waals surface area contributed by atoms with Crippen LogP contribution in [0.5, 0.6) is 0 Å². The van der Waals surface area contributed by atoms with Crippen LogP contribution in [0.3, 0.4) is 0 Å². The molecule has 0 unspecified atom stereocenters. The maximum Gasteiger partial charge on any atom is 0.124 e. The van der Waals surface area contributed by atoms with E-state index >= 15 is 0 Å². The van der Waals surface area contributed by atoms with E-state index in [1.807, 2.05) is 13.0 Å². The number of nitrogen functional groups attached to an aromatic ring is 1. The molecule has 1 heterocycles. The van der Waals surface area contributed by atoms with Gasteiger partial charge in [-0.1, -0.05) is 48.8 Å². The predicted octanol–water partition coefficient (Wildman–Crippen LogP) is 4.95. The Bertz CT molecular complexity index is 621. The summed E-state index contributed by atoms with van der Waals surface area (Å²) < 4.78 is 0. The first-order chi connectivity index (χ1) is 9.38. The third-order valence-corrected chi connectivity index (χ3v) is 4.72. The first kappa shape index (κ1) is 15.4. The molecule has 0 aliphatic heterocycles. The van der Waals surface area contributed by atoms with Crippen LogP contribution in [0.4, 0.5) is 5.69 Å². The zero-order chi connectivity index (χ0) is 14.9. The number of hydrogen-bond donors (Lipinski definition) is 1. The van der Waals surface area contributed by atoms with Gasteiger partial charge in [-0.05, 0) is 36.6 Å². The molecule has 0 radical (unpaired) electrons. The number of halogens is 2. The number of nitrogens with two attached hydrogens (primary N) is 1. The van der Waals surface area contributed by atoms with E-state index in [-0.39, 0.29) is 0 Å². The first-order valence-electron chi connectivity index (χ1n) is 6.15. The normalized spacial score (nSPS) is 11.1. The Hall–Kier alpha value is -0.970. The van der Waals surface area contributed by atoms with Crippen LogP contribution in [0.2, 0.25) is 10.0 Å². The molecular formula is C14H15Cl2N3S. The van der Waals surface area contributed by atoms with Gasteiger partial charge >= 0.3 is 0 Å². The molecular weight excluding hydrogens is 313 g/mol. The lowest BCUT2D eigenvalue weighted by Crippen LogP contribution is -1.99. The van der Waals surface area contributed by atoms with Crippen LogP contribution in [0.25, 0.3) is 0 Å². The number of rotatable bonds is 3. The Balaban J connectivity index is 2.38. The number of hydrogen-bond acceptors (Lipinski definition) is 4. The van der Waals surface area contributed by atoms with Crippen molar-refractivity contribution in [1.29, 1.82) is 0 Å². The van der Waals surface area contributed by atoms with Gasteiger partial charge in [-0.25, -0.2) is 0 Å². The van der Waals surface area contributed by atoms with Crippen LogP contribution in [0.1, 0.15) is 31.0 Å². The number of benzene rings is 1. The Morgan fingerprint density at radius 2 is 1.70 bits per heavy atom. The standard InChI is InChI=1S/C14H15Cl2N3S/c1-7(2)10-6-13(19-18-8(10)3)20-14-11(15)4-9(17)5-12(14)16/h4-7H,17H2,1-3H3. The number of aromatic nitrogens is 2. The molecule has 20 heavy (non-hydrogen) atoms. The van der Waals surface area contributed by atoms with Gasteiger partial charge in [0, 0.05) is 5.69 Å². The fourth-order valence-corrected chi connectivity index (χ4v) is 3.39. The molecule has 0 aliphatic carbocycles. The van der Waals surface area contributed by atoms with Crippen molar-refractivity contribution in [3.8, 4) is 0 Å². The Morgan fingerprint density at radius 1 is 1.10 bits per heavy atom. The minimum atomic E-state index is 0.391. The topological polar surface area (TPSA) is 51.8 Å². The molecule has 1 aromatic carbocycles. The monoisotopic (exact) mass is 327 g/mol. The molecule has 2 aromatic rings. The third kappa shape index (κ3) is 3.37. The second-order valence-corrected chi connectivity index (χ2v) is 6.64. The summed E-state index contributed by atoms with van der Waals surface area (Å²) in [6.07, 6.45) is 0. The van der Waals surface area contributed by atoms with Crippen molar-refractivity contribution in [3.05, 3.63) is 39.5 Å². The fraction of sp³-hybridized carbons (Fsp3) is 0.286. The van der Waals surface area contributed by atoms with Crippen molar-refractivity contribution in [2.45, 2.75) is 36.6 Å². The van der Waals surface area contributed by atoms with Crippen LogP contribution in [0, 0.1) is 6.92 Å². The molecule has 3 nitrogen and oxygen atoms in total. The van der Waals surface area contributed by atoms with E-state index in [2.05, 4.69) is 24.0 Å². The molecule has 2 rings (SSSR count). The molecule has 106 valence electrons. The van der Waals surface area contributed by atoms with E-state index < -0.39 is 0 Å². The van der Waals surface area contributed by atoms with Crippen LogP contribution < -0.4 is 5.73 Å². The van der Waals surface area contributed by atoms with Crippen LogP contribution in [0.15, 0.2) is 28.1 Å². The fourth-order valence-electron chi connectivity index (χ4n) is 1.86. The van der Waals surface area contributed by atoms with Gasteiger partial charge in [0.25, 0.3) is 0 Å². The molecule has 0 saturated heterocycles. The second-order valence-electron chi connectivity index (χ2n) is 4.79. The number of nitrogens with zero attached hydrogens (tertiary/aromatic N) is 2. The van der Waals surface area contributed by atoms with Crippen molar-refractivity contribution >= 4 is 40.7 Å². The van der Waals surface area contributed by atoms with Gasteiger partial charge in [-0.15, -0.1) is 5.10 Å². The molecule has 0 bridgehead atoms. The van der Waals surface area contributed by atoms with Gasteiger partial charge in [-0.3, -0.25) is 0 Å². The quantitative estimate of drug-likeness (QED) is 0.810. The van der Waals surface area contributed by atoms with Crippen molar-refractivity contribution in [1.82, 2.24) is 10.2 Å². The molecule has 0 amide bonds. The summed E-state index contributed by atoms with van der Waals surface area (Å²) in [5, 5.41) is 10.2. The number of anilines is 1. The van der Waals surface area contributed by atoms with E-state index in [1.54, 1.807) is 12.1 Å². The molecule has 2 N–H and O–H groups in total. The maximum atomic E-state index is 6.18. The average Bonchev–Trinajstić information content (AvgIpc) is 2.35. The largest absolute Gasteiger partial charge is 0.399 e. The van der Waals surface area contributed by atoms with E-state index in [4.69, 9.17) is 28.9 Å². The summed E-state index contributed by atoms with van der Waals surface area (Å²) in [7, 11) is 0. The van der Waals surface area contributed by atoms with Crippen molar-refractivity contribution in [2.75, 3.05) is 5.73 Å². The lowest BCUT2D eigenvalue weighted by molar-refractivity contribution is 0.790. The number of aryl methyl sites for hydroxylation is 1. The van der Waals surface area contributed by atoms with Gasteiger partial charge in [-0.2, -0.15) is 5.10 Å². The molecule has 6 heteroatoms. The highest BCUT2D eigenvalue weighted by atomic mass is 35.5. The van der Waals surface area contributed by atoms with E-state index in [0.29, 0.717) is 21.7 Å². The Morgan fingerprint density at radius 3 is 2.25 bits per heavy atom. The predicted molar refractivity (Wildman–Crippen MR) is 85.9 cm³/mol. The van der Waals surface area contributed by atoms with Crippen LogP contribution in [-0.4, -0.2) is 10.2 Å². The summed E-state index contributed by atoms with van der Waals surface area (Å²) >= 11 is 13.8. The van der Waals surface area contributed by atoms with Gasteiger partial charge in [0.1, 0.15) is 5.03 Å². The minimum absolute atomic E-state index is 0.391. The van der Waals surface area contributed by atoms with Gasteiger partial charge in [0.2, 0.25) is 0 Å². The van der Waals surface area contributed by atoms with Crippen molar-refractivity contribution < 1.29 is 0 Å².